The molecule has 0 saturated carbocycles. The van der Waals surface area contributed by atoms with Gasteiger partial charge in [0.2, 0.25) is 21.8 Å². The van der Waals surface area contributed by atoms with Crippen molar-refractivity contribution in [3.8, 4) is 0 Å². The van der Waals surface area contributed by atoms with Crippen molar-refractivity contribution in [3.63, 3.8) is 0 Å². The molecule has 1 saturated heterocycles. The molecule has 0 bridgehead atoms. The second-order valence-electron chi connectivity index (χ2n) is 7.45. The number of amides is 2. The molecule has 2 aliphatic rings. The lowest BCUT2D eigenvalue weighted by Crippen LogP contribution is -2.50. The van der Waals surface area contributed by atoms with E-state index >= 15 is 0 Å². The minimum absolute atomic E-state index is 0.0543. The first-order valence-corrected chi connectivity index (χ1v) is 11.5. The van der Waals surface area contributed by atoms with Gasteiger partial charge in [-0.15, -0.1) is 0 Å². The Labute approximate surface area is 166 Å². The van der Waals surface area contributed by atoms with Crippen molar-refractivity contribution in [2.24, 2.45) is 0 Å². The van der Waals surface area contributed by atoms with Crippen LogP contribution in [0.5, 0.6) is 0 Å². The van der Waals surface area contributed by atoms with E-state index < -0.39 is 10.0 Å². The van der Waals surface area contributed by atoms with Gasteiger partial charge < -0.3 is 9.80 Å². The maximum Gasteiger partial charge on any atom is 0.225 e. The van der Waals surface area contributed by atoms with Crippen molar-refractivity contribution in [2.45, 2.75) is 44.7 Å². The summed E-state index contributed by atoms with van der Waals surface area (Å²) < 4.78 is 25.4. The second-order valence-corrected chi connectivity index (χ2v) is 9.28. The van der Waals surface area contributed by atoms with E-state index in [1.165, 1.54) is 6.92 Å². The van der Waals surface area contributed by atoms with Crippen LogP contribution in [0.4, 0.5) is 0 Å². The molecule has 0 aromatic heterocycles. The minimum atomic E-state index is -3.31. The number of nitrogens with one attached hydrogen (secondary N) is 1. The Morgan fingerprint density at radius 1 is 1.21 bits per heavy atom. The van der Waals surface area contributed by atoms with Gasteiger partial charge in [-0.3, -0.25) is 9.59 Å². The molecule has 0 aliphatic carbocycles. The van der Waals surface area contributed by atoms with Gasteiger partial charge in [-0.1, -0.05) is 24.3 Å². The van der Waals surface area contributed by atoms with Gasteiger partial charge in [0.05, 0.1) is 18.7 Å². The maximum atomic E-state index is 13.2. The lowest BCUT2D eigenvalue weighted by Gasteiger charge is -2.38. The summed E-state index contributed by atoms with van der Waals surface area (Å²) >= 11 is 0. The van der Waals surface area contributed by atoms with Crippen molar-refractivity contribution in [1.82, 2.24) is 14.5 Å². The van der Waals surface area contributed by atoms with Crippen LogP contribution in [0.3, 0.4) is 0 Å². The van der Waals surface area contributed by atoms with E-state index in [9.17, 15) is 18.0 Å². The second kappa shape index (κ2) is 8.45. The Morgan fingerprint density at radius 3 is 2.68 bits per heavy atom. The number of carbonyl (C=O) groups excluding carboxylic acids is 2. The SMILES string of the molecule is CC(=O)N1C=Cc2ccccc2C1CC(=O)N1CCCCC1CNS(C)(=O)=O. The van der Waals surface area contributed by atoms with Crippen molar-refractivity contribution in [3.05, 3.63) is 41.6 Å². The lowest BCUT2D eigenvalue weighted by atomic mass is 9.92. The normalized spacial score (nSPS) is 22.1. The summed E-state index contributed by atoms with van der Waals surface area (Å²) in [6.07, 6.45) is 7.56. The number of carbonyl (C=O) groups is 2. The van der Waals surface area contributed by atoms with Crippen LogP contribution in [0.15, 0.2) is 30.5 Å². The molecule has 2 atom stereocenters. The Kier molecular flexibility index (Phi) is 6.20. The largest absolute Gasteiger partial charge is 0.338 e. The van der Waals surface area contributed by atoms with E-state index in [-0.39, 0.29) is 36.9 Å². The summed E-state index contributed by atoms with van der Waals surface area (Å²) in [5.41, 5.74) is 1.96. The Balaban J connectivity index is 1.79. The summed E-state index contributed by atoms with van der Waals surface area (Å²) in [5.74, 6) is -0.168. The van der Waals surface area contributed by atoms with Crippen LogP contribution in [-0.4, -0.2) is 55.4 Å². The highest BCUT2D eigenvalue weighted by Gasteiger charge is 2.33. The number of hydrogen-bond donors (Lipinski definition) is 1. The van der Waals surface area contributed by atoms with Gasteiger partial charge in [-0.05, 0) is 36.5 Å². The van der Waals surface area contributed by atoms with Gasteiger partial charge in [0, 0.05) is 32.3 Å². The lowest BCUT2D eigenvalue weighted by molar-refractivity contribution is -0.137. The van der Waals surface area contributed by atoms with Gasteiger partial charge >= 0.3 is 0 Å². The Morgan fingerprint density at radius 2 is 1.96 bits per heavy atom. The van der Waals surface area contributed by atoms with Crippen LogP contribution in [-0.2, 0) is 19.6 Å². The van der Waals surface area contributed by atoms with E-state index in [1.54, 1.807) is 16.0 Å². The quantitative estimate of drug-likeness (QED) is 0.810. The zero-order valence-corrected chi connectivity index (χ0v) is 17.1. The summed E-state index contributed by atoms with van der Waals surface area (Å²) in [6.45, 7) is 2.33. The van der Waals surface area contributed by atoms with E-state index in [1.807, 2.05) is 30.3 Å². The number of hydrogen-bond acceptors (Lipinski definition) is 4. The van der Waals surface area contributed by atoms with Gasteiger partial charge in [0.25, 0.3) is 0 Å². The topological polar surface area (TPSA) is 86.8 Å². The number of benzene rings is 1. The number of fused-ring (bicyclic) bond motifs is 1. The minimum Gasteiger partial charge on any atom is -0.338 e. The Bertz CT molecular complexity index is 881. The van der Waals surface area contributed by atoms with Crippen molar-refractivity contribution in [2.75, 3.05) is 19.3 Å². The Hall–Kier alpha value is -2.19. The van der Waals surface area contributed by atoms with Gasteiger partial charge in [-0.2, -0.15) is 0 Å². The third kappa shape index (κ3) is 4.80. The molecule has 0 radical (unpaired) electrons. The fourth-order valence-corrected chi connectivity index (χ4v) is 4.48. The predicted molar refractivity (Wildman–Crippen MR) is 108 cm³/mol. The number of likely N-dealkylation sites (tertiary alicyclic amines) is 1. The molecule has 2 aliphatic heterocycles. The van der Waals surface area contributed by atoms with E-state index in [4.69, 9.17) is 0 Å². The van der Waals surface area contributed by atoms with Crippen LogP contribution in [0.2, 0.25) is 0 Å². The van der Waals surface area contributed by atoms with Crippen LogP contribution >= 0.6 is 0 Å². The molecule has 1 aromatic rings. The number of nitrogens with zero attached hydrogens (tertiary/aromatic N) is 2. The molecule has 1 aromatic carbocycles. The molecule has 0 spiro atoms. The monoisotopic (exact) mass is 405 g/mol. The number of piperidine rings is 1. The van der Waals surface area contributed by atoms with Crippen LogP contribution in [0.1, 0.15) is 49.8 Å². The summed E-state index contributed by atoms with van der Waals surface area (Å²) in [7, 11) is -3.31. The third-order valence-electron chi connectivity index (χ3n) is 5.37. The highest BCUT2D eigenvalue weighted by Crippen LogP contribution is 2.34. The van der Waals surface area contributed by atoms with Gasteiger partial charge in [0.1, 0.15) is 0 Å². The average Bonchev–Trinajstić information content (AvgIpc) is 2.66. The van der Waals surface area contributed by atoms with E-state index in [0.29, 0.717) is 6.54 Å². The third-order valence-corrected chi connectivity index (χ3v) is 6.06. The summed E-state index contributed by atoms with van der Waals surface area (Å²) in [5, 5.41) is 0. The molecule has 2 amide bonds. The fourth-order valence-electron chi connectivity index (χ4n) is 3.98. The smallest absolute Gasteiger partial charge is 0.225 e. The molecule has 1 fully saturated rings. The molecule has 2 unspecified atom stereocenters. The first-order chi connectivity index (χ1) is 13.3. The standard InChI is InChI=1S/C20H27N3O4S/c1-15(24)22-12-10-16-7-3-4-9-18(16)19(22)13-20(25)23-11-6-5-8-17(23)14-21-28(2,26)27/h3-4,7,9-10,12,17,19,21H,5-6,8,11,13-14H2,1-2H3. The van der Waals surface area contributed by atoms with Crippen LogP contribution in [0.25, 0.3) is 6.08 Å². The average molecular weight is 406 g/mol. The van der Waals surface area contributed by atoms with Crippen LogP contribution < -0.4 is 4.72 Å². The molecule has 152 valence electrons. The van der Waals surface area contributed by atoms with E-state index in [2.05, 4.69) is 4.72 Å². The number of rotatable bonds is 5. The summed E-state index contributed by atoms with van der Waals surface area (Å²) in [6, 6.07) is 7.26. The summed E-state index contributed by atoms with van der Waals surface area (Å²) in [4.78, 5) is 28.7. The molecule has 3 rings (SSSR count). The first kappa shape index (κ1) is 20.5. The maximum absolute atomic E-state index is 13.2. The molecule has 7 nitrogen and oxygen atoms in total. The van der Waals surface area contributed by atoms with Crippen molar-refractivity contribution >= 4 is 27.9 Å². The van der Waals surface area contributed by atoms with Crippen molar-refractivity contribution in [1.29, 1.82) is 0 Å². The molecule has 2 heterocycles. The highest BCUT2D eigenvalue weighted by atomic mass is 32.2. The molecular formula is C20H27N3O4S. The predicted octanol–water partition coefficient (Wildman–Crippen LogP) is 1.88. The van der Waals surface area contributed by atoms with Crippen LogP contribution in [0, 0.1) is 0 Å². The zero-order valence-electron chi connectivity index (χ0n) is 16.3. The first-order valence-electron chi connectivity index (χ1n) is 9.56. The number of sulfonamides is 1. The zero-order chi connectivity index (χ0) is 20.3. The fraction of sp³-hybridized carbons (Fsp3) is 0.500. The van der Waals surface area contributed by atoms with Gasteiger partial charge in [0.15, 0.2) is 0 Å². The van der Waals surface area contributed by atoms with Gasteiger partial charge in [-0.25, -0.2) is 13.1 Å². The molecule has 28 heavy (non-hydrogen) atoms. The molecular weight excluding hydrogens is 378 g/mol. The molecule has 8 heteroatoms. The van der Waals surface area contributed by atoms with E-state index in [0.717, 1.165) is 36.6 Å². The van der Waals surface area contributed by atoms with Crippen molar-refractivity contribution < 1.29 is 18.0 Å². The highest BCUT2D eigenvalue weighted by molar-refractivity contribution is 7.88. The molecule has 1 N–H and O–H groups in total.